The van der Waals surface area contributed by atoms with Crippen LogP contribution in [0.3, 0.4) is 0 Å². The van der Waals surface area contributed by atoms with Crippen molar-refractivity contribution in [3.05, 3.63) is 41.6 Å². The SMILES string of the molecule is CCC(COC(=S)Oc1cc(Cl)nnc1-c1ccccc1)CC(C)C. The highest BCUT2D eigenvalue weighted by Crippen LogP contribution is 2.29. The van der Waals surface area contributed by atoms with Gasteiger partial charge in [-0.05, 0) is 18.3 Å². The Morgan fingerprint density at radius 3 is 2.56 bits per heavy atom. The molecule has 134 valence electrons. The third-order valence-electron chi connectivity index (χ3n) is 3.79. The second kappa shape index (κ2) is 9.68. The first-order valence-electron chi connectivity index (χ1n) is 8.42. The summed E-state index contributed by atoms with van der Waals surface area (Å²) in [6, 6.07) is 11.2. The molecule has 6 heteroatoms. The Morgan fingerprint density at radius 1 is 1.20 bits per heavy atom. The second-order valence-electron chi connectivity index (χ2n) is 6.31. The molecule has 1 aromatic heterocycles. The monoisotopic (exact) mass is 378 g/mol. The lowest BCUT2D eigenvalue weighted by molar-refractivity contribution is 0.182. The van der Waals surface area contributed by atoms with Crippen molar-refractivity contribution >= 4 is 29.1 Å². The van der Waals surface area contributed by atoms with Gasteiger partial charge in [-0.25, -0.2) is 0 Å². The number of rotatable bonds is 7. The zero-order chi connectivity index (χ0) is 18.2. The third kappa shape index (κ3) is 6.25. The predicted molar refractivity (Wildman–Crippen MR) is 105 cm³/mol. The van der Waals surface area contributed by atoms with Crippen molar-refractivity contribution in [2.75, 3.05) is 6.61 Å². The fourth-order valence-corrected chi connectivity index (χ4v) is 2.85. The standard InChI is InChI=1S/C19H23ClN2O2S/c1-4-14(10-13(2)3)12-23-19(25)24-16-11-17(20)21-22-18(16)15-8-6-5-7-9-15/h5-9,11,13-14H,4,10,12H2,1-3H3. The average molecular weight is 379 g/mol. The normalized spacial score (nSPS) is 12.0. The maximum absolute atomic E-state index is 5.96. The van der Waals surface area contributed by atoms with Gasteiger partial charge < -0.3 is 9.47 Å². The molecule has 0 radical (unpaired) electrons. The van der Waals surface area contributed by atoms with Crippen molar-refractivity contribution in [2.45, 2.75) is 33.6 Å². The summed E-state index contributed by atoms with van der Waals surface area (Å²) in [4.78, 5) is 0. The number of hydrogen-bond acceptors (Lipinski definition) is 5. The molecule has 1 unspecified atom stereocenters. The average Bonchev–Trinajstić information content (AvgIpc) is 2.59. The summed E-state index contributed by atoms with van der Waals surface area (Å²) in [6.07, 6.45) is 2.13. The lowest BCUT2D eigenvalue weighted by Crippen LogP contribution is -2.18. The van der Waals surface area contributed by atoms with Gasteiger partial charge in [-0.1, -0.05) is 69.1 Å². The zero-order valence-corrected chi connectivity index (χ0v) is 16.3. The molecule has 0 aliphatic carbocycles. The first-order chi connectivity index (χ1) is 12.0. The van der Waals surface area contributed by atoms with E-state index in [4.69, 9.17) is 33.3 Å². The van der Waals surface area contributed by atoms with E-state index in [9.17, 15) is 0 Å². The second-order valence-corrected chi connectivity index (χ2v) is 7.03. The maximum atomic E-state index is 5.96. The predicted octanol–water partition coefficient (Wildman–Crippen LogP) is 5.55. The summed E-state index contributed by atoms with van der Waals surface area (Å²) < 4.78 is 11.4. The Labute approximate surface area is 159 Å². The highest BCUT2D eigenvalue weighted by molar-refractivity contribution is 7.79. The Balaban J connectivity index is 2.06. The van der Waals surface area contributed by atoms with Crippen molar-refractivity contribution in [1.82, 2.24) is 10.2 Å². The van der Waals surface area contributed by atoms with Crippen LogP contribution >= 0.6 is 23.8 Å². The summed E-state index contributed by atoms with van der Waals surface area (Å²) >= 11 is 11.2. The molecule has 0 amide bonds. The summed E-state index contributed by atoms with van der Waals surface area (Å²) in [6.45, 7) is 7.10. The lowest BCUT2D eigenvalue weighted by Gasteiger charge is -2.18. The van der Waals surface area contributed by atoms with Crippen molar-refractivity contribution in [3.8, 4) is 17.0 Å². The molecule has 4 nitrogen and oxygen atoms in total. The summed E-state index contributed by atoms with van der Waals surface area (Å²) in [5.74, 6) is 1.51. The van der Waals surface area contributed by atoms with Crippen molar-refractivity contribution in [2.24, 2.45) is 11.8 Å². The number of hydrogen-bond donors (Lipinski definition) is 0. The summed E-state index contributed by atoms with van der Waals surface area (Å²) in [5.41, 5.74) is 1.45. The van der Waals surface area contributed by atoms with Crippen LogP contribution in [0.1, 0.15) is 33.6 Å². The minimum Gasteiger partial charge on any atom is -0.456 e. The van der Waals surface area contributed by atoms with Crippen LogP contribution in [-0.2, 0) is 4.74 Å². The van der Waals surface area contributed by atoms with Gasteiger partial charge in [0.05, 0.1) is 6.61 Å². The number of aromatic nitrogens is 2. The Kier molecular flexibility index (Phi) is 7.59. The van der Waals surface area contributed by atoms with E-state index in [0.717, 1.165) is 18.4 Å². The molecule has 1 heterocycles. The van der Waals surface area contributed by atoms with E-state index >= 15 is 0 Å². The fraction of sp³-hybridized carbons (Fsp3) is 0.421. The molecule has 0 aliphatic rings. The van der Waals surface area contributed by atoms with Crippen LogP contribution in [0.25, 0.3) is 11.3 Å². The van der Waals surface area contributed by atoms with Gasteiger partial charge in [0.2, 0.25) is 0 Å². The zero-order valence-electron chi connectivity index (χ0n) is 14.7. The first kappa shape index (κ1) is 19.6. The minimum absolute atomic E-state index is 0.0726. The number of nitrogens with zero attached hydrogens (tertiary/aromatic N) is 2. The molecule has 0 saturated heterocycles. The fourth-order valence-electron chi connectivity index (χ4n) is 2.55. The summed E-state index contributed by atoms with van der Waals surface area (Å²) in [5, 5.41) is 8.34. The molecule has 0 aliphatic heterocycles. The molecule has 0 N–H and O–H groups in total. The lowest BCUT2D eigenvalue weighted by atomic mass is 9.96. The molecule has 0 fully saturated rings. The number of ether oxygens (including phenoxy) is 2. The van der Waals surface area contributed by atoms with Gasteiger partial charge >= 0.3 is 5.24 Å². The molecular weight excluding hydrogens is 356 g/mol. The third-order valence-corrected chi connectivity index (χ3v) is 4.17. The van der Waals surface area contributed by atoms with Crippen LogP contribution in [0.5, 0.6) is 5.75 Å². The highest BCUT2D eigenvalue weighted by Gasteiger charge is 2.15. The minimum atomic E-state index is 0.0726. The molecule has 2 aromatic rings. The molecule has 0 bridgehead atoms. The number of halogens is 1. The van der Waals surface area contributed by atoms with E-state index < -0.39 is 0 Å². The smallest absolute Gasteiger partial charge is 0.357 e. The first-order valence-corrected chi connectivity index (χ1v) is 9.21. The number of thiocarbonyl (C=S) groups is 1. The van der Waals surface area contributed by atoms with Gasteiger partial charge in [-0.3, -0.25) is 0 Å². The van der Waals surface area contributed by atoms with Crippen molar-refractivity contribution in [3.63, 3.8) is 0 Å². The maximum Gasteiger partial charge on any atom is 0.357 e. The van der Waals surface area contributed by atoms with Crippen LogP contribution in [0.2, 0.25) is 5.15 Å². The van der Waals surface area contributed by atoms with Gasteiger partial charge in [-0.15, -0.1) is 10.2 Å². The Hall–Kier alpha value is -1.72. The van der Waals surface area contributed by atoms with E-state index in [0.29, 0.717) is 29.9 Å². The Morgan fingerprint density at radius 2 is 1.92 bits per heavy atom. The van der Waals surface area contributed by atoms with Crippen LogP contribution in [0.4, 0.5) is 0 Å². The van der Waals surface area contributed by atoms with E-state index in [1.54, 1.807) is 6.07 Å². The van der Waals surface area contributed by atoms with Gasteiger partial charge in [-0.2, -0.15) is 0 Å². The van der Waals surface area contributed by atoms with Crippen LogP contribution < -0.4 is 4.74 Å². The van der Waals surface area contributed by atoms with Gasteiger partial charge in [0.15, 0.2) is 10.9 Å². The van der Waals surface area contributed by atoms with Crippen molar-refractivity contribution < 1.29 is 9.47 Å². The van der Waals surface area contributed by atoms with Crippen LogP contribution in [0, 0.1) is 11.8 Å². The van der Waals surface area contributed by atoms with Gasteiger partial charge in [0, 0.05) is 23.8 Å². The molecule has 1 atom stereocenters. The van der Waals surface area contributed by atoms with E-state index in [1.165, 1.54) is 0 Å². The molecule has 25 heavy (non-hydrogen) atoms. The Bertz CT molecular complexity index is 695. The largest absolute Gasteiger partial charge is 0.456 e. The van der Waals surface area contributed by atoms with E-state index in [2.05, 4.69) is 31.0 Å². The van der Waals surface area contributed by atoms with Gasteiger partial charge in [0.25, 0.3) is 0 Å². The van der Waals surface area contributed by atoms with Crippen LogP contribution in [0.15, 0.2) is 36.4 Å². The summed E-state index contributed by atoms with van der Waals surface area (Å²) in [7, 11) is 0. The molecular formula is C19H23ClN2O2S. The molecule has 2 rings (SSSR count). The molecule has 0 spiro atoms. The number of benzene rings is 1. The van der Waals surface area contributed by atoms with Gasteiger partial charge in [0.1, 0.15) is 5.69 Å². The highest BCUT2D eigenvalue weighted by atomic mass is 35.5. The molecule has 1 aromatic carbocycles. The van der Waals surface area contributed by atoms with E-state index in [1.807, 2.05) is 30.3 Å². The van der Waals surface area contributed by atoms with Crippen molar-refractivity contribution in [1.29, 1.82) is 0 Å². The molecule has 0 saturated carbocycles. The topological polar surface area (TPSA) is 44.2 Å². The quantitative estimate of drug-likeness (QED) is 0.591. The van der Waals surface area contributed by atoms with E-state index in [-0.39, 0.29) is 10.4 Å². The van der Waals surface area contributed by atoms with Crippen LogP contribution in [-0.4, -0.2) is 22.0 Å².